The molecule has 1 aromatic heterocycles. The minimum absolute atomic E-state index is 0.430. The van der Waals surface area contributed by atoms with Crippen molar-refractivity contribution in [2.45, 2.75) is 32.7 Å². The van der Waals surface area contributed by atoms with Gasteiger partial charge in [-0.2, -0.15) is 0 Å². The molecule has 1 aliphatic carbocycles. The second kappa shape index (κ2) is 5.30. The van der Waals surface area contributed by atoms with Crippen LogP contribution in [0.2, 0.25) is 0 Å². The minimum atomic E-state index is 0.430. The molecule has 0 amide bonds. The highest BCUT2D eigenvalue weighted by Gasteiger charge is 2.36. The van der Waals surface area contributed by atoms with E-state index in [0.29, 0.717) is 5.41 Å². The Kier molecular flexibility index (Phi) is 4.00. The summed E-state index contributed by atoms with van der Waals surface area (Å²) in [6.07, 6.45) is 4.00. The molecule has 1 saturated carbocycles. The van der Waals surface area contributed by atoms with Gasteiger partial charge in [-0.25, -0.2) is 0 Å². The highest BCUT2D eigenvalue weighted by Crippen LogP contribution is 2.40. The van der Waals surface area contributed by atoms with E-state index < -0.39 is 0 Å². The summed E-state index contributed by atoms with van der Waals surface area (Å²) in [4.78, 5) is 1.46. The molecule has 1 N–H and O–H groups in total. The smallest absolute Gasteiger partial charge is 0.0530 e. The fourth-order valence-corrected chi connectivity index (χ4v) is 3.26. The van der Waals surface area contributed by atoms with Gasteiger partial charge < -0.3 is 10.1 Å². The van der Waals surface area contributed by atoms with E-state index in [-0.39, 0.29) is 0 Å². The minimum Gasteiger partial charge on any atom is -0.384 e. The lowest BCUT2D eigenvalue weighted by atomic mass is 9.69. The lowest BCUT2D eigenvalue weighted by Crippen LogP contribution is -2.43. The van der Waals surface area contributed by atoms with Crippen LogP contribution in [0.4, 0.5) is 0 Å². The Bertz CT molecular complexity index is 330. The summed E-state index contributed by atoms with van der Waals surface area (Å²) in [6, 6.07) is 2.19. The van der Waals surface area contributed by atoms with E-state index in [9.17, 15) is 0 Å². The first-order valence-corrected chi connectivity index (χ1v) is 6.86. The third-order valence-electron chi connectivity index (χ3n) is 3.62. The lowest BCUT2D eigenvalue weighted by molar-refractivity contribution is 0.0178. The molecule has 0 spiro atoms. The van der Waals surface area contributed by atoms with Gasteiger partial charge in [0.2, 0.25) is 0 Å². The van der Waals surface area contributed by atoms with Crippen LogP contribution in [-0.4, -0.2) is 20.3 Å². The van der Waals surface area contributed by atoms with E-state index in [1.54, 1.807) is 0 Å². The van der Waals surface area contributed by atoms with Crippen molar-refractivity contribution in [1.82, 2.24) is 5.32 Å². The maximum absolute atomic E-state index is 5.32. The zero-order chi connectivity index (χ0) is 11.4. The van der Waals surface area contributed by atoms with Gasteiger partial charge in [-0.05, 0) is 36.8 Å². The monoisotopic (exact) mass is 239 g/mol. The lowest BCUT2D eigenvalue weighted by Gasteiger charge is -2.41. The molecule has 1 heterocycles. The van der Waals surface area contributed by atoms with Crippen molar-refractivity contribution in [2.24, 2.45) is 5.41 Å². The molecule has 1 fully saturated rings. The molecule has 0 unspecified atom stereocenters. The topological polar surface area (TPSA) is 21.3 Å². The van der Waals surface area contributed by atoms with E-state index in [1.165, 1.54) is 29.7 Å². The van der Waals surface area contributed by atoms with Crippen molar-refractivity contribution in [3.63, 3.8) is 0 Å². The summed E-state index contributed by atoms with van der Waals surface area (Å²) >= 11 is 1.85. The van der Waals surface area contributed by atoms with E-state index >= 15 is 0 Å². The van der Waals surface area contributed by atoms with Crippen LogP contribution in [0.25, 0.3) is 0 Å². The zero-order valence-corrected chi connectivity index (χ0v) is 11.0. The summed E-state index contributed by atoms with van der Waals surface area (Å²) < 4.78 is 5.32. The van der Waals surface area contributed by atoms with Crippen LogP contribution in [-0.2, 0) is 11.3 Å². The molecule has 0 aromatic carbocycles. The standard InChI is InChI=1S/C13H21NOS/c1-11-4-7-16-12(11)8-14-9-13(10-15-2)5-3-6-13/h4,7,14H,3,5-6,8-10H2,1-2H3. The van der Waals surface area contributed by atoms with E-state index in [1.807, 2.05) is 18.4 Å². The van der Waals surface area contributed by atoms with Crippen LogP contribution in [0.5, 0.6) is 0 Å². The predicted octanol–water partition coefficient (Wildman–Crippen LogP) is 2.96. The van der Waals surface area contributed by atoms with Gasteiger partial charge in [0, 0.05) is 30.5 Å². The summed E-state index contributed by atoms with van der Waals surface area (Å²) in [5.74, 6) is 0. The highest BCUT2D eigenvalue weighted by atomic mass is 32.1. The Labute approximate surface area is 102 Å². The summed E-state index contributed by atoms with van der Waals surface area (Å²) in [6.45, 7) is 5.19. The van der Waals surface area contributed by atoms with Gasteiger partial charge in [0.15, 0.2) is 0 Å². The molecule has 90 valence electrons. The summed E-state index contributed by atoms with van der Waals surface area (Å²) in [5, 5.41) is 5.75. The van der Waals surface area contributed by atoms with Crippen molar-refractivity contribution in [3.05, 3.63) is 21.9 Å². The SMILES string of the molecule is COCC1(CNCc2sccc2C)CCC1. The molecule has 2 rings (SSSR count). The molecule has 0 saturated heterocycles. The molecular formula is C13H21NOS. The van der Waals surface area contributed by atoms with Crippen LogP contribution >= 0.6 is 11.3 Å². The first-order valence-electron chi connectivity index (χ1n) is 5.98. The molecule has 1 aliphatic rings. The average molecular weight is 239 g/mol. The Morgan fingerprint density at radius 3 is 2.81 bits per heavy atom. The molecule has 0 aliphatic heterocycles. The van der Waals surface area contributed by atoms with Crippen LogP contribution in [0.3, 0.4) is 0 Å². The quantitative estimate of drug-likeness (QED) is 0.824. The van der Waals surface area contributed by atoms with E-state index in [2.05, 4.69) is 23.7 Å². The average Bonchev–Trinajstić information content (AvgIpc) is 2.61. The number of nitrogens with one attached hydrogen (secondary N) is 1. The second-order valence-electron chi connectivity index (χ2n) is 4.92. The fraction of sp³-hybridized carbons (Fsp3) is 0.692. The maximum atomic E-state index is 5.32. The molecule has 0 bridgehead atoms. The normalized spacial score (nSPS) is 18.4. The van der Waals surface area contributed by atoms with Gasteiger partial charge in [-0.1, -0.05) is 6.42 Å². The number of hydrogen-bond acceptors (Lipinski definition) is 3. The number of hydrogen-bond donors (Lipinski definition) is 1. The van der Waals surface area contributed by atoms with Crippen molar-refractivity contribution >= 4 is 11.3 Å². The van der Waals surface area contributed by atoms with Crippen LogP contribution < -0.4 is 5.32 Å². The van der Waals surface area contributed by atoms with Gasteiger partial charge in [-0.3, -0.25) is 0 Å². The van der Waals surface area contributed by atoms with Crippen LogP contribution in [0.1, 0.15) is 29.7 Å². The molecule has 3 heteroatoms. The van der Waals surface area contributed by atoms with Crippen LogP contribution in [0.15, 0.2) is 11.4 Å². The molecule has 0 radical (unpaired) electrons. The van der Waals surface area contributed by atoms with Gasteiger partial charge in [-0.15, -0.1) is 11.3 Å². The van der Waals surface area contributed by atoms with E-state index in [0.717, 1.165) is 19.7 Å². The summed E-state index contributed by atoms with van der Waals surface area (Å²) in [7, 11) is 1.81. The first-order chi connectivity index (χ1) is 7.76. The number of rotatable bonds is 6. The number of methoxy groups -OCH3 is 1. The van der Waals surface area contributed by atoms with Gasteiger partial charge in [0.1, 0.15) is 0 Å². The van der Waals surface area contributed by atoms with Gasteiger partial charge >= 0.3 is 0 Å². The molecular weight excluding hydrogens is 218 g/mol. The Morgan fingerprint density at radius 1 is 1.50 bits per heavy atom. The Morgan fingerprint density at radius 2 is 2.31 bits per heavy atom. The molecule has 16 heavy (non-hydrogen) atoms. The predicted molar refractivity (Wildman–Crippen MR) is 68.9 cm³/mol. The largest absolute Gasteiger partial charge is 0.384 e. The number of thiophene rings is 1. The van der Waals surface area contributed by atoms with Crippen molar-refractivity contribution in [2.75, 3.05) is 20.3 Å². The van der Waals surface area contributed by atoms with Crippen LogP contribution in [0, 0.1) is 12.3 Å². The summed E-state index contributed by atoms with van der Waals surface area (Å²) in [5.41, 5.74) is 1.84. The molecule has 2 nitrogen and oxygen atoms in total. The van der Waals surface area contributed by atoms with E-state index in [4.69, 9.17) is 4.74 Å². The molecule has 1 aromatic rings. The van der Waals surface area contributed by atoms with Crippen molar-refractivity contribution in [3.8, 4) is 0 Å². The van der Waals surface area contributed by atoms with Gasteiger partial charge in [0.25, 0.3) is 0 Å². The number of ether oxygens (including phenoxy) is 1. The number of aryl methyl sites for hydroxylation is 1. The highest BCUT2D eigenvalue weighted by molar-refractivity contribution is 7.10. The first kappa shape index (κ1) is 12.1. The molecule has 0 atom stereocenters. The van der Waals surface area contributed by atoms with Crippen molar-refractivity contribution in [1.29, 1.82) is 0 Å². The second-order valence-corrected chi connectivity index (χ2v) is 5.92. The Hall–Kier alpha value is -0.380. The van der Waals surface area contributed by atoms with Crippen molar-refractivity contribution < 1.29 is 4.74 Å². The van der Waals surface area contributed by atoms with Gasteiger partial charge in [0.05, 0.1) is 6.61 Å². The maximum Gasteiger partial charge on any atom is 0.0530 e. The third-order valence-corrected chi connectivity index (χ3v) is 4.64. The Balaban J connectivity index is 1.77. The zero-order valence-electron chi connectivity index (χ0n) is 10.2. The third kappa shape index (κ3) is 2.65. The fourth-order valence-electron chi connectivity index (χ4n) is 2.38.